The van der Waals surface area contributed by atoms with Gasteiger partial charge >= 0.3 is 0 Å². The Balaban J connectivity index is 2.21. The van der Waals surface area contributed by atoms with E-state index in [1.807, 2.05) is 30.3 Å². The monoisotopic (exact) mass is 235 g/mol. The van der Waals surface area contributed by atoms with Crippen molar-refractivity contribution in [2.75, 3.05) is 25.5 Å². The molecule has 3 nitrogen and oxygen atoms in total. The average Bonchev–Trinajstić information content (AvgIpc) is 2.35. The second-order valence-electron chi connectivity index (χ2n) is 4.47. The van der Waals surface area contributed by atoms with Gasteiger partial charge in [0.1, 0.15) is 0 Å². The van der Waals surface area contributed by atoms with E-state index in [4.69, 9.17) is 0 Å². The summed E-state index contributed by atoms with van der Waals surface area (Å²) < 4.78 is 0. The first-order valence-corrected chi connectivity index (χ1v) is 6.38. The van der Waals surface area contributed by atoms with Gasteiger partial charge in [0.15, 0.2) is 0 Å². The molecule has 2 N–H and O–H groups in total. The molecule has 1 aromatic rings. The molecule has 3 heteroatoms. The molecule has 0 spiro atoms. The van der Waals surface area contributed by atoms with E-state index in [2.05, 4.69) is 19.3 Å². The van der Waals surface area contributed by atoms with Gasteiger partial charge in [-0.25, -0.2) is 0 Å². The molecule has 1 unspecified atom stereocenters. The molecule has 94 valence electrons. The van der Waals surface area contributed by atoms with Crippen LogP contribution in [-0.2, 0) is 4.79 Å². The van der Waals surface area contributed by atoms with Crippen LogP contribution in [0.3, 0.4) is 0 Å². The van der Waals surface area contributed by atoms with Crippen LogP contribution in [0.5, 0.6) is 0 Å². The fourth-order valence-electron chi connectivity index (χ4n) is 1.68. The van der Waals surface area contributed by atoms with Crippen molar-refractivity contribution in [3.05, 3.63) is 30.3 Å². The molecule has 0 aromatic heterocycles. The first-order chi connectivity index (χ1) is 8.22. The molecule has 0 heterocycles. The third-order valence-electron chi connectivity index (χ3n) is 2.79. The molecule has 0 saturated carbocycles. The fourth-order valence-corrected chi connectivity index (χ4v) is 1.68. The van der Waals surface area contributed by atoms with Gasteiger partial charge in [0.2, 0.25) is 5.91 Å². The van der Waals surface area contributed by atoms with Gasteiger partial charge in [-0.2, -0.15) is 0 Å². The summed E-state index contributed by atoms with van der Waals surface area (Å²) in [5.74, 6) is 0.104. The predicted molar refractivity (Wildman–Crippen MR) is 71.2 cm³/mol. The van der Waals surface area contributed by atoms with Crippen LogP contribution in [0.25, 0.3) is 0 Å². The number of rotatable bonds is 7. The summed E-state index contributed by atoms with van der Waals surface area (Å²) in [6.45, 7) is 4.24. The average molecular weight is 235 g/mol. The van der Waals surface area contributed by atoms with Crippen molar-refractivity contribution in [1.29, 1.82) is 0 Å². The van der Waals surface area contributed by atoms with E-state index in [-0.39, 0.29) is 5.91 Å². The summed E-state index contributed by atoms with van der Waals surface area (Å²) in [5, 5.41) is 2.90. The van der Waals surface area contributed by atoms with E-state index < -0.39 is 0 Å². The molecule has 0 saturated heterocycles. The molecule has 0 aliphatic rings. The highest BCUT2D eigenvalue weighted by molar-refractivity contribution is 5.90. The molecule has 0 bridgehead atoms. The maximum Gasteiger partial charge on any atom is 0.230 e. The number of hydrogen-bond donors (Lipinski definition) is 2. The van der Waals surface area contributed by atoms with Crippen LogP contribution in [0.1, 0.15) is 26.2 Å². The van der Waals surface area contributed by atoms with Gasteiger partial charge in [-0.05, 0) is 18.6 Å². The lowest BCUT2D eigenvalue weighted by atomic mass is 10.3. The molecule has 0 aliphatic heterocycles. The summed E-state index contributed by atoms with van der Waals surface area (Å²) in [5.41, 5.74) is 0.878. The quantitative estimate of drug-likeness (QED) is 0.734. The second-order valence-corrected chi connectivity index (χ2v) is 4.47. The smallest absolute Gasteiger partial charge is 0.230 e. The van der Waals surface area contributed by atoms with Gasteiger partial charge in [0, 0.05) is 5.69 Å². The van der Waals surface area contributed by atoms with Crippen LogP contribution < -0.4 is 10.2 Å². The molecule has 1 aromatic carbocycles. The molecule has 0 fully saturated rings. The Bertz CT molecular complexity index is 324. The van der Waals surface area contributed by atoms with E-state index in [1.165, 1.54) is 17.7 Å². The number of unbranched alkanes of at least 4 members (excludes halogenated alkanes) is 1. The molecule has 0 radical (unpaired) electrons. The van der Waals surface area contributed by atoms with Crippen molar-refractivity contribution in [2.45, 2.75) is 26.2 Å². The van der Waals surface area contributed by atoms with Gasteiger partial charge in [-0.1, -0.05) is 31.5 Å². The third kappa shape index (κ3) is 6.07. The highest BCUT2D eigenvalue weighted by Crippen LogP contribution is 2.04. The van der Waals surface area contributed by atoms with Gasteiger partial charge in [0.05, 0.1) is 26.6 Å². The molecular formula is C14H23N2O+. The minimum Gasteiger partial charge on any atom is -0.337 e. The summed E-state index contributed by atoms with van der Waals surface area (Å²) in [4.78, 5) is 13.1. The Morgan fingerprint density at radius 2 is 1.94 bits per heavy atom. The van der Waals surface area contributed by atoms with E-state index >= 15 is 0 Å². The number of nitrogens with one attached hydrogen (secondary N) is 2. The van der Waals surface area contributed by atoms with Crippen LogP contribution in [0.15, 0.2) is 30.3 Å². The van der Waals surface area contributed by atoms with E-state index in [9.17, 15) is 4.79 Å². The van der Waals surface area contributed by atoms with Crippen molar-refractivity contribution >= 4 is 11.6 Å². The van der Waals surface area contributed by atoms with E-state index in [1.54, 1.807) is 0 Å². The van der Waals surface area contributed by atoms with Crippen LogP contribution >= 0.6 is 0 Å². The first kappa shape index (κ1) is 13.7. The lowest BCUT2D eigenvalue weighted by molar-refractivity contribution is -0.879. The van der Waals surface area contributed by atoms with Crippen LogP contribution in [0.2, 0.25) is 0 Å². The van der Waals surface area contributed by atoms with Gasteiger partial charge < -0.3 is 10.2 Å². The van der Waals surface area contributed by atoms with Crippen LogP contribution in [0, 0.1) is 0 Å². The predicted octanol–water partition coefficient (Wildman–Crippen LogP) is 1.33. The summed E-state index contributed by atoms with van der Waals surface area (Å²) >= 11 is 0. The molecule has 17 heavy (non-hydrogen) atoms. The number of hydrogen-bond acceptors (Lipinski definition) is 1. The Labute approximate surface area is 104 Å². The number of anilines is 1. The summed E-state index contributed by atoms with van der Waals surface area (Å²) in [6, 6.07) is 9.61. The minimum absolute atomic E-state index is 0.104. The number of carbonyl (C=O) groups is 1. The van der Waals surface area contributed by atoms with Gasteiger partial charge in [-0.15, -0.1) is 0 Å². The zero-order valence-electron chi connectivity index (χ0n) is 10.8. The number of carbonyl (C=O) groups excluding carboxylic acids is 1. The Hall–Kier alpha value is -1.35. The van der Waals surface area contributed by atoms with Crippen molar-refractivity contribution in [3.8, 4) is 0 Å². The van der Waals surface area contributed by atoms with Crippen molar-refractivity contribution in [3.63, 3.8) is 0 Å². The Morgan fingerprint density at radius 3 is 2.59 bits per heavy atom. The minimum atomic E-state index is 0.104. The van der Waals surface area contributed by atoms with Gasteiger partial charge in [-0.3, -0.25) is 4.79 Å². The number of para-hydroxylation sites is 1. The normalized spacial score (nSPS) is 12.1. The van der Waals surface area contributed by atoms with Crippen molar-refractivity contribution < 1.29 is 9.69 Å². The molecule has 0 aliphatic carbocycles. The SMILES string of the molecule is CCCC[NH+](C)CCC(=O)Nc1ccccc1. The summed E-state index contributed by atoms with van der Waals surface area (Å²) in [6.07, 6.45) is 3.03. The zero-order chi connectivity index (χ0) is 12.5. The molecule has 1 atom stereocenters. The number of amides is 1. The Kier molecular flexibility index (Phi) is 6.33. The standard InChI is InChI=1S/C14H22N2O/c1-3-4-11-16(2)12-10-14(17)15-13-8-6-5-7-9-13/h5-9H,3-4,10-12H2,1-2H3,(H,15,17)/p+1. The van der Waals surface area contributed by atoms with E-state index in [0.29, 0.717) is 6.42 Å². The zero-order valence-corrected chi connectivity index (χ0v) is 10.8. The second kappa shape index (κ2) is 7.85. The molecular weight excluding hydrogens is 212 g/mol. The van der Waals surface area contributed by atoms with E-state index in [0.717, 1.165) is 18.8 Å². The number of quaternary nitrogens is 1. The lowest BCUT2D eigenvalue weighted by Crippen LogP contribution is -3.09. The lowest BCUT2D eigenvalue weighted by Gasteiger charge is -2.13. The van der Waals surface area contributed by atoms with Crippen molar-refractivity contribution in [2.24, 2.45) is 0 Å². The summed E-state index contributed by atoms with van der Waals surface area (Å²) in [7, 11) is 2.14. The molecule has 1 rings (SSSR count). The maximum atomic E-state index is 11.7. The van der Waals surface area contributed by atoms with Crippen LogP contribution in [-0.4, -0.2) is 26.0 Å². The van der Waals surface area contributed by atoms with Crippen molar-refractivity contribution in [1.82, 2.24) is 0 Å². The topological polar surface area (TPSA) is 33.5 Å². The largest absolute Gasteiger partial charge is 0.337 e. The molecule has 1 amide bonds. The first-order valence-electron chi connectivity index (χ1n) is 6.38. The highest BCUT2D eigenvalue weighted by Gasteiger charge is 2.06. The number of benzene rings is 1. The van der Waals surface area contributed by atoms with Gasteiger partial charge in [0.25, 0.3) is 0 Å². The highest BCUT2D eigenvalue weighted by atomic mass is 16.1. The fraction of sp³-hybridized carbons (Fsp3) is 0.500. The third-order valence-corrected chi connectivity index (χ3v) is 2.79. The Morgan fingerprint density at radius 1 is 1.24 bits per heavy atom. The van der Waals surface area contributed by atoms with Crippen LogP contribution in [0.4, 0.5) is 5.69 Å². The maximum absolute atomic E-state index is 11.7.